The van der Waals surface area contributed by atoms with Crippen molar-refractivity contribution < 1.29 is 14.3 Å². The predicted molar refractivity (Wildman–Crippen MR) is 117 cm³/mol. The number of aromatic nitrogens is 3. The average Bonchev–Trinajstić information content (AvgIpc) is 3.53. The second kappa shape index (κ2) is 8.14. The van der Waals surface area contributed by atoms with E-state index in [2.05, 4.69) is 15.5 Å². The molecule has 1 saturated heterocycles. The van der Waals surface area contributed by atoms with Crippen LogP contribution < -0.4 is 10.1 Å². The Labute approximate surface area is 183 Å². The van der Waals surface area contributed by atoms with E-state index in [1.54, 1.807) is 11.1 Å². The number of fused-ring (bicyclic) bond motifs is 3. The number of aromatic amines is 1. The molecule has 3 aromatic rings. The SMILES string of the molecule is CCC(=O)NC1CCN(C(=O)c2nc3c(s2)CCOc2cc(-c4cn[nH]c4)ccc2-3)C1. The van der Waals surface area contributed by atoms with Crippen LogP contribution in [-0.2, 0) is 11.2 Å². The fraction of sp³-hybridized carbons (Fsp3) is 0.364. The first-order valence-corrected chi connectivity index (χ1v) is 11.3. The summed E-state index contributed by atoms with van der Waals surface area (Å²) in [4.78, 5) is 32.3. The molecule has 2 aliphatic rings. The number of likely N-dealkylation sites (tertiary alicyclic amines) is 1. The number of ether oxygens (including phenoxy) is 1. The summed E-state index contributed by atoms with van der Waals surface area (Å²) >= 11 is 1.44. The van der Waals surface area contributed by atoms with Gasteiger partial charge in [-0.05, 0) is 24.1 Å². The fourth-order valence-corrected chi connectivity index (χ4v) is 5.05. The quantitative estimate of drug-likeness (QED) is 0.654. The summed E-state index contributed by atoms with van der Waals surface area (Å²) in [5, 5.41) is 10.3. The normalized spacial score (nSPS) is 17.5. The molecule has 0 bridgehead atoms. The van der Waals surface area contributed by atoms with Crippen LogP contribution in [0.5, 0.6) is 5.75 Å². The van der Waals surface area contributed by atoms with Crippen molar-refractivity contribution in [2.24, 2.45) is 0 Å². The largest absolute Gasteiger partial charge is 0.492 e. The van der Waals surface area contributed by atoms with E-state index in [0.29, 0.717) is 37.5 Å². The van der Waals surface area contributed by atoms with Gasteiger partial charge in [-0.2, -0.15) is 5.10 Å². The number of hydrogen-bond donors (Lipinski definition) is 2. The number of carbonyl (C=O) groups excluding carboxylic acids is 2. The second-order valence-electron chi connectivity index (χ2n) is 7.75. The number of nitrogens with zero attached hydrogens (tertiary/aromatic N) is 3. The molecule has 5 rings (SSSR count). The molecule has 1 atom stereocenters. The van der Waals surface area contributed by atoms with E-state index >= 15 is 0 Å². The number of carbonyl (C=O) groups is 2. The highest BCUT2D eigenvalue weighted by Crippen LogP contribution is 2.40. The summed E-state index contributed by atoms with van der Waals surface area (Å²) in [6, 6.07) is 6.04. The van der Waals surface area contributed by atoms with Gasteiger partial charge >= 0.3 is 0 Å². The summed E-state index contributed by atoms with van der Waals surface area (Å²) in [5.74, 6) is 0.723. The van der Waals surface area contributed by atoms with Crippen LogP contribution in [-0.4, -0.2) is 57.6 Å². The standard InChI is InChI=1S/C22H23N5O3S/c1-2-19(28)25-15-5-7-27(12-15)22(29)21-26-20-16-4-3-13(14-10-23-24-11-14)9-17(16)30-8-6-18(20)31-21/h3-4,9-11,15H,2,5-8,12H2,1H3,(H,23,24)(H,25,28). The lowest BCUT2D eigenvalue weighted by atomic mass is 10.0. The lowest BCUT2D eigenvalue weighted by Gasteiger charge is -2.15. The number of H-pyrrole nitrogens is 1. The van der Waals surface area contributed by atoms with Crippen LogP contribution >= 0.6 is 11.3 Å². The van der Waals surface area contributed by atoms with Gasteiger partial charge < -0.3 is 15.0 Å². The topological polar surface area (TPSA) is 100 Å². The highest BCUT2D eigenvalue weighted by Gasteiger charge is 2.31. The van der Waals surface area contributed by atoms with Crippen LogP contribution in [0.15, 0.2) is 30.6 Å². The van der Waals surface area contributed by atoms with E-state index in [-0.39, 0.29) is 17.9 Å². The third-order valence-electron chi connectivity index (χ3n) is 5.70. The van der Waals surface area contributed by atoms with Crippen LogP contribution in [0.25, 0.3) is 22.4 Å². The molecule has 2 aromatic heterocycles. The Kier molecular flexibility index (Phi) is 5.19. The van der Waals surface area contributed by atoms with Crippen LogP contribution in [0.4, 0.5) is 0 Å². The molecule has 4 heterocycles. The van der Waals surface area contributed by atoms with Gasteiger partial charge in [0.1, 0.15) is 5.75 Å². The summed E-state index contributed by atoms with van der Waals surface area (Å²) < 4.78 is 5.99. The maximum Gasteiger partial charge on any atom is 0.282 e. The zero-order valence-corrected chi connectivity index (χ0v) is 18.0. The Morgan fingerprint density at radius 1 is 1.35 bits per heavy atom. The van der Waals surface area contributed by atoms with Crippen molar-refractivity contribution in [1.82, 2.24) is 25.4 Å². The maximum atomic E-state index is 13.1. The van der Waals surface area contributed by atoms with Crippen molar-refractivity contribution in [2.75, 3.05) is 19.7 Å². The Morgan fingerprint density at radius 2 is 2.26 bits per heavy atom. The van der Waals surface area contributed by atoms with E-state index in [1.165, 1.54) is 11.3 Å². The molecule has 0 aliphatic carbocycles. The Bertz CT molecular complexity index is 1120. The molecule has 9 heteroatoms. The first-order valence-electron chi connectivity index (χ1n) is 10.5. The molecule has 2 N–H and O–H groups in total. The molecule has 1 aromatic carbocycles. The number of benzene rings is 1. The van der Waals surface area contributed by atoms with Gasteiger partial charge in [0, 0.05) is 54.2 Å². The number of amides is 2. The lowest BCUT2D eigenvalue weighted by Crippen LogP contribution is -2.38. The van der Waals surface area contributed by atoms with Crippen molar-refractivity contribution in [3.05, 3.63) is 40.5 Å². The number of hydrogen-bond acceptors (Lipinski definition) is 6. The zero-order valence-electron chi connectivity index (χ0n) is 17.2. The van der Waals surface area contributed by atoms with Gasteiger partial charge in [-0.25, -0.2) is 4.98 Å². The molecular formula is C22H23N5O3S. The lowest BCUT2D eigenvalue weighted by molar-refractivity contribution is -0.121. The van der Waals surface area contributed by atoms with Crippen LogP contribution in [0.3, 0.4) is 0 Å². The Morgan fingerprint density at radius 3 is 3.06 bits per heavy atom. The second-order valence-corrected chi connectivity index (χ2v) is 8.83. The highest BCUT2D eigenvalue weighted by molar-refractivity contribution is 7.14. The molecule has 0 spiro atoms. The molecule has 2 amide bonds. The molecule has 2 aliphatic heterocycles. The number of thiazole rings is 1. The summed E-state index contributed by atoms with van der Waals surface area (Å²) in [6.07, 6.45) is 5.56. The molecule has 1 fully saturated rings. The van der Waals surface area contributed by atoms with Crippen molar-refractivity contribution in [3.8, 4) is 28.1 Å². The van der Waals surface area contributed by atoms with Crippen molar-refractivity contribution in [2.45, 2.75) is 32.2 Å². The molecular weight excluding hydrogens is 414 g/mol. The molecule has 8 nitrogen and oxygen atoms in total. The van der Waals surface area contributed by atoms with Crippen LogP contribution in [0, 0.1) is 0 Å². The van der Waals surface area contributed by atoms with Crippen molar-refractivity contribution in [3.63, 3.8) is 0 Å². The van der Waals surface area contributed by atoms with E-state index < -0.39 is 0 Å². The predicted octanol–water partition coefficient (Wildman–Crippen LogP) is 2.88. The minimum atomic E-state index is -0.0659. The molecule has 0 saturated carbocycles. The molecule has 31 heavy (non-hydrogen) atoms. The van der Waals surface area contributed by atoms with E-state index in [1.807, 2.05) is 31.3 Å². The fourth-order valence-electron chi connectivity index (χ4n) is 4.03. The van der Waals surface area contributed by atoms with Crippen molar-refractivity contribution >= 4 is 23.2 Å². The Hall–Kier alpha value is -3.20. The maximum absolute atomic E-state index is 13.1. The molecule has 160 valence electrons. The monoisotopic (exact) mass is 437 g/mol. The molecule has 0 radical (unpaired) electrons. The Balaban J connectivity index is 1.39. The van der Waals surface area contributed by atoms with Crippen LogP contribution in [0.1, 0.15) is 34.4 Å². The third-order valence-corrected chi connectivity index (χ3v) is 6.80. The number of nitrogens with one attached hydrogen (secondary N) is 2. The molecule has 1 unspecified atom stereocenters. The van der Waals surface area contributed by atoms with Gasteiger partial charge in [0.25, 0.3) is 5.91 Å². The summed E-state index contributed by atoms with van der Waals surface area (Å²) in [7, 11) is 0. The van der Waals surface area contributed by atoms with Gasteiger partial charge in [-0.1, -0.05) is 13.0 Å². The van der Waals surface area contributed by atoms with Gasteiger partial charge in [0.05, 0.1) is 18.5 Å². The first kappa shape index (κ1) is 19.7. The highest BCUT2D eigenvalue weighted by atomic mass is 32.1. The average molecular weight is 438 g/mol. The smallest absolute Gasteiger partial charge is 0.282 e. The van der Waals surface area contributed by atoms with Crippen LogP contribution in [0.2, 0.25) is 0 Å². The van der Waals surface area contributed by atoms with E-state index in [0.717, 1.165) is 39.4 Å². The van der Waals surface area contributed by atoms with Gasteiger partial charge in [-0.15, -0.1) is 11.3 Å². The first-order chi connectivity index (χ1) is 15.1. The van der Waals surface area contributed by atoms with Gasteiger partial charge in [0.15, 0.2) is 5.01 Å². The van der Waals surface area contributed by atoms with E-state index in [9.17, 15) is 9.59 Å². The van der Waals surface area contributed by atoms with Gasteiger partial charge in [0.2, 0.25) is 5.91 Å². The van der Waals surface area contributed by atoms with Crippen molar-refractivity contribution in [1.29, 1.82) is 0 Å². The number of rotatable bonds is 4. The zero-order chi connectivity index (χ0) is 21.4. The summed E-state index contributed by atoms with van der Waals surface area (Å²) in [5.41, 5.74) is 3.74. The third kappa shape index (κ3) is 3.81. The summed E-state index contributed by atoms with van der Waals surface area (Å²) in [6.45, 7) is 3.53. The van der Waals surface area contributed by atoms with Gasteiger partial charge in [-0.3, -0.25) is 14.7 Å². The minimum absolute atomic E-state index is 0.0182. The minimum Gasteiger partial charge on any atom is -0.492 e. The van der Waals surface area contributed by atoms with E-state index in [4.69, 9.17) is 9.72 Å².